The topological polar surface area (TPSA) is 62.2 Å². The SMILES string of the molecule is CC(=O)N(CC1OC(c2ccccc2Cl)=NN1C(C)=O)c1cc(Br)c(C)c(Br)c1. The first kappa shape index (κ1) is 21.8. The van der Waals surface area contributed by atoms with Crippen molar-refractivity contribution in [3.05, 3.63) is 61.5 Å². The summed E-state index contributed by atoms with van der Waals surface area (Å²) in [7, 11) is 0. The molecule has 1 atom stereocenters. The summed E-state index contributed by atoms with van der Waals surface area (Å²) in [4.78, 5) is 26.1. The van der Waals surface area contributed by atoms with Crippen LogP contribution in [-0.4, -0.2) is 35.5 Å². The van der Waals surface area contributed by atoms with Crippen molar-refractivity contribution in [2.75, 3.05) is 11.4 Å². The Bertz CT molecular complexity index is 989. The van der Waals surface area contributed by atoms with Crippen molar-refractivity contribution in [2.24, 2.45) is 5.10 Å². The second-order valence-corrected chi connectivity index (χ2v) is 8.60. The maximum Gasteiger partial charge on any atom is 0.243 e. The van der Waals surface area contributed by atoms with Gasteiger partial charge in [-0.1, -0.05) is 55.6 Å². The molecule has 0 saturated heterocycles. The lowest BCUT2D eigenvalue weighted by Crippen LogP contribution is -2.44. The molecule has 0 radical (unpaired) electrons. The van der Waals surface area contributed by atoms with Gasteiger partial charge in [0, 0.05) is 28.5 Å². The summed E-state index contributed by atoms with van der Waals surface area (Å²) in [6.07, 6.45) is -0.776. The van der Waals surface area contributed by atoms with E-state index in [0.29, 0.717) is 16.3 Å². The predicted molar refractivity (Wildman–Crippen MR) is 120 cm³/mol. The van der Waals surface area contributed by atoms with Gasteiger partial charge in [0.25, 0.3) is 0 Å². The van der Waals surface area contributed by atoms with Crippen molar-refractivity contribution >= 4 is 66.9 Å². The fraction of sp³-hybridized carbons (Fsp3) is 0.250. The van der Waals surface area contributed by atoms with E-state index in [0.717, 1.165) is 14.5 Å². The lowest BCUT2D eigenvalue weighted by molar-refractivity contribution is -0.135. The number of benzene rings is 2. The van der Waals surface area contributed by atoms with E-state index in [4.69, 9.17) is 16.3 Å². The number of halogens is 3. The van der Waals surface area contributed by atoms with Gasteiger partial charge in [0.2, 0.25) is 23.9 Å². The highest BCUT2D eigenvalue weighted by atomic mass is 79.9. The van der Waals surface area contributed by atoms with Crippen LogP contribution in [0.15, 0.2) is 50.4 Å². The smallest absolute Gasteiger partial charge is 0.243 e. The molecule has 2 amide bonds. The van der Waals surface area contributed by atoms with Crippen LogP contribution >= 0.6 is 43.5 Å². The minimum atomic E-state index is -0.776. The van der Waals surface area contributed by atoms with Crippen molar-refractivity contribution in [2.45, 2.75) is 27.0 Å². The van der Waals surface area contributed by atoms with Crippen LogP contribution in [0.2, 0.25) is 5.02 Å². The standard InChI is InChI=1S/C20H18Br2ClN3O3/c1-11-16(21)8-14(9-17(11)22)25(12(2)27)10-19-26(13(3)28)24-20(29-19)15-6-4-5-7-18(15)23/h4-9,19H,10H2,1-3H3. The maximum absolute atomic E-state index is 12.4. The van der Waals surface area contributed by atoms with Gasteiger partial charge in [-0.3, -0.25) is 9.59 Å². The van der Waals surface area contributed by atoms with E-state index < -0.39 is 6.23 Å². The fourth-order valence-electron chi connectivity index (χ4n) is 2.86. The van der Waals surface area contributed by atoms with Crippen molar-refractivity contribution in [1.82, 2.24) is 5.01 Å². The Hall–Kier alpha value is -1.90. The second-order valence-electron chi connectivity index (χ2n) is 6.49. The molecule has 3 rings (SSSR count). The predicted octanol–water partition coefficient (Wildman–Crippen LogP) is 5.09. The van der Waals surface area contributed by atoms with E-state index in [-0.39, 0.29) is 24.3 Å². The fourth-order valence-corrected chi connectivity index (χ4v) is 4.24. The summed E-state index contributed by atoms with van der Waals surface area (Å²) >= 11 is 13.3. The highest BCUT2D eigenvalue weighted by Crippen LogP contribution is 2.32. The molecule has 152 valence electrons. The third-order valence-electron chi connectivity index (χ3n) is 4.44. The number of anilines is 1. The molecule has 0 bridgehead atoms. The number of hydrogen-bond donors (Lipinski definition) is 0. The summed E-state index contributed by atoms with van der Waals surface area (Å²) in [6.45, 7) is 4.92. The van der Waals surface area contributed by atoms with Crippen LogP contribution in [0.1, 0.15) is 25.0 Å². The van der Waals surface area contributed by atoms with E-state index >= 15 is 0 Å². The van der Waals surface area contributed by atoms with Gasteiger partial charge in [-0.15, -0.1) is 5.10 Å². The average molecular weight is 544 g/mol. The first-order valence-corrected chi connectivity index (χ1v) is 10.7. The van der Waals surface area contributed by atoms with E-state index in [2.05, 4.69) is 37.0 Å². The quantitative estimate of drug-likeness (QED) is 0.540. The summed E-state index contributed by atoms with van der Waals surface area (Å²) in [5, 5.41) is 5.98. The van der Waals surface area contributed by atoms with Crippen molar-refractivity contribution in [3.8, 4) is 0 Å². The molecule has 0 aliphatic carbocycles. The molecule has 29 heavy (non-hydrogen) atoms. The molecule has 9 heteroatoms. The van der Waals surface area contributed by atoms with Gasteiger partial charge in [0.1, 0.15) is 0 Å². The van der Waals surface area contributed by atoms with Crippen LogP contribution in [0.5, 0.6) is 0 Å². The van der Waals surface area contributed by atoms with Crippen LogP contribution < -0.4 is 4.90 Å². The molecule has 1 aliphatic rings. The Morgan fingerprint density at radius 1 is 1.21 bits per heavy atom. The summed E-state index contributed by atoms with van der Waals surface area (Å²) in [5.41, 5.74) is 2.27. The molecule has 2 aromatic carbocycles. The maximum atomic E-state index is 12.4. The zero-order valence-electron chi connectivity index (χ0n) is 15.9. The highest BCUT2D eigenvalue weighted by molar-refractivity contribution is 9.11. The van der Waals surface area contributed by atoms with E-state index in [9.17, 15) is 9.59 Å². The average Bonchev–Trinajstić information content (AvgIpc) is 3.08. The first-order chi connectivity index (χ1) is 13.7. The molecule has 1 heterocycles. The Morgan fingerprint density at radius 3 is 2.38 bits per heavy atom. The number of carbonyl (C=O) groups excluding carboxylic acids is 2. The Kier molecular flexibility index (Phi) is 6.65. The normalized spacial score (nSPS) is 15.7. The van der Waals surface area contributed by atoms with E-state index in [1.807, 2.05) is 25.1 Å². The Morgan fingerprint density at radius 2 is 1.83 bits per heavy atom. The van der Waals surface area contributed by atoms with Crippen LogP contribution in [0.3, 0.4) is 0 Å². The van der Waals surface area contributed by atoms with E-state index in [1.165, 1.54) is 18.9 Å². The number of amides is 2. The zero-order chi connectivity index (χ0) is 21.3. The second kappa shape index (κ2) is 8.85. The summed E-state index contributed by atoms with van der Waals surface area (Å²) < 4.78 is 7.66. The Labute approximate surface area is 190 Å². The van der Waals surface area contributed by atoms with Gasteiger partial charge in [-0.05, 0) is 36.8 Å². The minimum Gasteiger partial charge on any atom is -0.448 e. The summed E-state index contributed by atoms with van der Waals surface area (Å²) in [6, 6.07) is 10.8. The van der Waals surface area contributed by atoms with Gasteiger partial charge in [-0.25, -0.2) is 0 Å². The third kappa shape index (κ3) is 4.65. The lowest BCUT2D eigenvalue weighted by Gasteiger charge is -2.28. The van der Waals surface area contributed by atoms with Crippen molar-refractivity contribution in [3.63, 3.8) is 0 Å². The molecule has 0 N–H and O–H groups in total. The van der Waals surface area contributed by atoms with Crippen molar-refractivity contribution < 1.29 is 14.3 Å². The van der Waals surface area contributed by atoms with E-state index in [1.54, 1.807) is 23.1 Å². The molecule has 1 unspecified atom stereocenters. The molecule has 1 aliphatic heterocycles. The highest BCUT2D eigenvalue weighted by Gasteiger charge is 2.35. The first-order valence-electron chi connectivity index (χ1n) is 8.72. The molecule has 2 aromatic rings. The van der Waals surface area contributed by atoms with Crippen LogP contribution in [0, 0.1) is 6.92 Å². The van der Waals surface area contributed by atoms with Gasteiger partial charge in [-0.2, -0.15) is 5.01 Å². The molecular formula is C20H18Br2ClN3O3. The monoisotopic (exact) mass is 541 g/mol. The molecule has 0 spiro atoms. The molecular weight excluding hydrogens is 525 g/mol. The number of rotatable bonds is 4. The number of hydrazone groups is 1. The number of carbonyl (C=O) groups is 2. The van der Waals surface area contributed by atoms with Crippen LogP contribution in [0.25, 0.3) is 0 Å². The molecule has 0 saturated carbocycles. The molecule has 0 fully saturated rings. The third-order valence-corrected chi connectivity index (χ3v) is 6.42. The molecule has 6 nitrogen and oxygen atoms in total. The van der Waals surface area contributed by atoms with Gasteiger partial charge in [0.05, 0.1) is 17.1 Å². The van der Waals surface area contributed by atoms with Gasteiger partial charge in [0.15, 0.2) is 0 Å². The summed E-state index contributed by atoms with van der Waals surface area (Å²) in [5.74, 6) is -0.247. The molecule has 0 aromatic heterocycles. The van der Waals surface area contributed by atoms with Gasteiger partial charge < -0.3 is 9.64 Å². The lowest BCUT2D eigenvalue weighted by atomic mass is 10.2. The van der Waals surface area contributed by atoms with Crippen LogP contribution in [-0.2, 0) is 14.3 Å². The number of ether oxygens (including phenoxy) is 1. The van der Waals surface area contributed by atoms with Crippen LogP contribution in [0.4, 0.5) is 5.69 Å². The van der Waals surface area contributed by atoms with Gasteiger partial charge >= 0.3 is 0 Å². The number of nitrogens with zero attached hydrogens (tertiary/aromatic N) is 3. The Balaban J connectivity index is 1.91. The minimum absolute atomic E-state index is 0.105. The zero-order valence-corrected chi connectivity index (χ0v) is 19.9. The number of hydrogen-bond acceptors (Lipinski definition) is 4. The largest absolute Gasteiger partial charge is 0.448 e. The van der Waals surface area contributed by atoms with Crippen molar-refractivity contribution in [1.29, 1.82) is 0 Å².